The van der Waals surface area contributed by atoms with Gasteiger partial charge in [-0.3, -0.25) is 4.79 Å². The number of carbonyl (C=O) groups excluding carboxylic acids is 1. The Morgan fingerprint density at radius 3 is 2.50 bits per heavy atom. The maximum atomic E-state index is 12.8. The number of halogens is 2. The van der Waals surface area contributed by atoms with Crippen molar-refractivity contribution in [1.29, 1.82) is 0 Å². The summed E-state index contributed by atoms with van der Waals surface area (Å²) in [6.07, 6.45) is 0. The first-order chi connectivity index (χ1) is 14.4. The molecule has 7 heteroatoms. The Labute approximate surface area is 187 Å². The molecule has 0 fully saturated rings. The summed E-state index contributed by atoms with van der Waals surface area (Å²) in [5.74, 6) is 0.262. The number of nitrogens with one attached hydrogen (secondary N) is 1. The average Bonchev–Trinajstić information content (AvgIpc) is 3.14. The molecule has 0 aliphatic rings. The van der Waals surface area contributed by atoms with Crippen LogP contribution in [0.25, 0.3) is 17.1 Å². The molecular weight excluding hydrogens is 464 g/mol. The lowest BCUT2D eigenvalue weighted by atomic mass is 10.1. The zero-order valence-corrected chi connectivity index (χ0v) is 18.7. The summed E-state index contributed by atoms with van der Waals surface area (Å²) in [5, 5.41) is 7.88. The lowest BCUT2D eigenvalue weighted by molar-refractivity contribution is 0.101. The van der Waals surface area contributed by atoms with E-state index in [-0.39, 0.29) is 5.82 Å². The molecule has 3 aromatic carbocycles. The number of benzene rings is 3. The molecule has 30 heavy (non-hydrogen) atoms. The highest BCUT2D eigenvalue weighted by Crippen LogP contribution is 2.25. The van der Waals surface area contributed by atoms with Crippen molar-refractivity contribution in [3.8, 4) is 17.1 Å². The van der Waals surface area contributed by atoms with Crippen LogP contribution in [0.1, 0.15) is 21.7 Å². The van der Waals surface area contributed by atoms with Crippen molar-refractivity contribution >= 4 is 39.1 Å². The van der Waals surface area contributed by atoms with Gasteiger partial charge in [-0.25, -0.2) is 9.67 Å². The van der Waals surface area contributed by atoms with Gasteiger partial charge in [0.25, 0.3) is 5.91 Å². The van der Waals surface area contributed by atoms with Crippen molar-refractivity contribution in [2.75, 3.05) is 5.32 Å². The summed E-state index contributed by atoms with van der Waals surface area (Å²) in [7, 11) is 0. The molecule has 1 heterocycles. The number of hydrogen-bond acceptors (Lipinski definition) is 3. The molecule has 0 spiro atoms. The molecule has 0 radical (unpaired) electrons. The molecule has 1 amide bonds. The second-order valence-corrected chi connectivity index (χ2v) is 8.28. The molecule has 0 bridgehead atoms. The molecule has 0 atom stereocenters. The van der Waals surface area contributed by atoms with Gasteiger partial charge in [0.2, 0.25) is 5.82 Å². The molecule has 1 N–H and O–H groups in total. The highest BCUT2D eigenvalue weighted by molar-refractivity contribution is 9.10. The van der Waals surface area contributed by atoms with Gasteiger partial charge in [-0.2, -0.15) is 0 Å². The second-order valence-electron chi connectivity index (χ2n) is 6.93. The normalized spacial score (nSPS) is 10.8. The Morgan fingerprint density at radius 2 is 1.80 bits per heavy atom. The summed E-state index contributed by atoms with van der Waals surface area (Å²) in [6.45, 7) is 4.05. The summed E-state index contributed by atoms with van der Waals surface area (Å²) < 4.78 is 2.67. The molecule has 0 aliphatic carbocycles. The summed E-state index contributed by atoms with van der Waals surface area (Å²) in [6, 6.07) is 20.8. The van der Waals surface area contributed by atoms with Crippen molar-refractivity contribution in [1.82, 2.24) is 14.8 Å². The van der Waals surface area contributed by atoms with Gasteiger partial charge in [0, 0.05) is 20.7 Å². The number of nitrogens with zero attached hydrogens (tertiary/aromatic N) is 3. The minimum atomic E-state index is -0.404. The Kier molecular flexibility index (Phi) is 5.70. The molecule has 5 nitrogen and oxygen atoms in total. The van der Waals surface area contributed by atoms with E-state index in [1.807, 2.05) is 50.2 Å². The van der Waals surface area contributed by atoms with E-state index in [1.165, 1.54) is 0 Å². The van der Waals surface area contributed by atoms with E-state index in [9.17, 15) is 4.79 Å². The molecule has 1 aromatic heterocycles. The number of hydrogen-bond donors (Lipinski definition) is 1. The Hall–Kier alpha value is -2.96. The quantitative estimate of drug-likeness (QED) is 0.376. The van der Waals surface area contributed by atoms with Crippen molar-refractivity contribution < 1.29 is 4.79 Å². The first kappa shape index (κ1) is 20.3. The minimum Gasteiger partial charge on any atom is -0.319 e. The van der Waals surface area contributed by atoms with Crippen LogP contribution in [0.2, 0.25) is 5.02 Å². The van der Waals surface area contributed by atoms with Gasteiger partial charge in [0.05, 0.1) is 5.69 Å². The molecular formula is C23H18BrClN4O. The standard InChI is InChI=1S/C23H18BrClN4O/c1-14-6-11-20(15(2)12-14)29-22(16-7-9-17(24)10-8-16)27-21(28-29)23(30)26-19-5-3-4-18(25)13-19/h3-13H,1-2H3,(H,26,30). The molecule has 4 rings (SSSR count). The largest absolute Gasteiger partial charge is 0.319 e. The zero-order valence-electron chi connectivity index (χ0n) is 16.4. The fourth-order valence-electron chi connectivity index (χ4n) is 3.16. The van der Waals surface area contributed by atoms with E-state index in [4.69, 9.17) is 11.6 Å². The molecule has 150 valence electrons. The van der Waals surface area contributed by atoms with Crippen LogP contribution in [-0.2, 0) is 0 Å². The van der Waals surface area contributed by atoms with Crippen LogP contribution in [0, 0.1) is 13.8 Å². The Balaban J connectivity index is 1.79. The number of amides is 1. The van der Waals surface area contributed by atoms with E-state index in [0.717, 1.165) is 26.9 Å². The number of aromatic nitrogens is 3. The van der Waals surface area contributed by atoms with Gasteiger partial charge in [0.1, 0.15) is 0 Å². The van der Waals surface area contributed by atoms with E-state index < -0.39 is 5.91 Å². The number of carbonyl (C=O) groups is 1. The van der Waals surface area contributed by atoms with Crippen molar-refractivity contribution in [2.24, 2.45) is 0 Å². The van der Waals surface area contributed by atoms with Crippen LogP contribution in [-0.4, -0.2) is 20.7 Å². The van der Waals surface area contributed by atoms with E-state index in [0.29, 0.717) is 16.5 Å². The predicted molar refractivity (Wildman–Crippen MR) is 123 cm³/mol. The van der Waals surface area contributed by atoms with Gasteiger partial charge in [-0.15, -0.1) is 5.10 Å². The minimum absolute atomic E-state index is 0.0767. The lowest BCUT2D eigenvalue weighted by Crippen LogP contribution is -2.14. The van der Waals surface area contributed by atoms with Crippen molar-refractivity contribution in [2.45, 2.75) is 13.8 Å². The molecule has 0 aliphatic heterocycles. The third-order valence-electron chi connectivity index (χ3n) is 4.58. The zero-order chi connectivity index (χ0) is 21.3. The Bertz CT molecular complexity index is 1230. The monoisotopic (exact) mass is 480 g/mol. The van der Waals surface area contributed by atoms with Gasteiger partial charge in [-0.05, 0) is 55.8 Å². The van der Waals surface area contributed by atoms with Gasteiger partial charge < -0.3 is 5.32 Å². The SMILES string of the molecule is Cc1ccc(-n2nc(C(=O)Nc3cccc(Cl)c3)nc2-c2ccc(Br)cc2)c(C)c1. The average molecular weight is 482 g/mol. The highest BCUT2D eigenvalue weighted by atomic mass is 79.9. The summed E-state index contributed by atoms with van der Waals surface area (Å²) in [5.41, 5.74) is 4.50. The second kappa shape index (κ2) is 8.42. The fraction of sp³-hybridized carbons (Fsp3) is 0.0870. The number of aryl methyl sites for hydroxylation is 2. The lowest BCUT2D eigenvalue weighted by Gasteiger charge is -2.10. The topological polar surface area (TPSA) is 59.8 Å². The smallest absolute Gasteiger partial charge is 0.295 e. The maximum absolute atomic E-state index is 12.8. The van der Waals surface area contributed by atoms with Crippen LogP contribution in [0.4, 0.5) is 5.69 Å². The Morgan fingerprint density at radius 1 is 1.03 bits per heavy atom. The van der Waals surface area contributed by atoms with Crippen LogP contribution in [0.3, 0.4) is 0 Å². The predicted octanol–water partition coefficient (Wildman–Crippen LogP) is 6.22. The molecule has 4 aromatic rings. The van der Waals surface area contributed by atoms with Crippen LogP contribution in [0.5, 0.6) is 0 Å². The van der Waals surface area contributed by atoms with E-state index in [2.05, 4.69) is 37.4 Å². The third-order valence-corrected chi connectivity index (χ3v) is 5.34. The first-order valence-electron chi connectivity index (χ1n) is 9.28. The van der Waals surface area contributed by atoms with Gasteiger partial charge in [-0.1, -0.05) is 63.4 Å². The van der Waals surface area contributed by atoms with E-state index >= 15 is 0 Å². The molecule has 0 saturated carbocycles. The molecule has 0 unspecified atom stereocenters. The van der Waals surface area contributed by atoms with Gasteiger partial charge >= 0.3 is 0 Å². The number of rotatable bonds is 4. The summed E-state index contributed by atoms with van der Waals surface area (Å²) >= 11 is 9.47. The highest BCUT2D eigenvalue weighted by Gasteiger charge is 2.20. The van der Waals surface area contributed by atoms with Crippen LogP contribution < -0.4 is 5.32 Å². The van der Waals surface area contributed by atoms with Crippen LogP contribution >= 0.6 is 27.5 Å². The van der Waals surface area contributed by atoms with Gasteiger partial charge in [0.15, 0.2) is 5.82 Å². The van der Waals surface area contributed by atoms with Crippen molar-refractivity contribution in [3.63, 3.8) is 0 Å². The fourth-order valence-corrected chi connectivity index (χ4v) is 3.61. The van der Waals surface area contributed by atoms with Crippen LogP contribution in [0.15, 0.2) is 71.2 Å². The maximum Gasteiger partial charge on any atom is 0.295 e. The third kappa shape index (κ3) is 4.30. The van der Waals surface area contributed by atoms with Crippen molar-refractivity contribution in [3.05, 3.63) is 93.2 Å². The summed E-state index contributed by atoms with van der Waals surface area (Å²) in [4.78, 5) is 17.4. The van der Waals surface area contributed by atoms with E-state index in [1.54, 1.807) is 28.9 Å². The number of anilines is 1. The first-order valence-corrected chi connectivity index (χ1v) is 10.5. The molecule has 0 saturated heterocycles.